The van der Waals surface area contributed by atoms with Gasteiger partial charge >= 0.3 is 5.97 Å². The molecule has 1 heterocycles. The van der Waals surface area contributed by atoms with Crippen LogP contribution in [0, 0.1) is 0 Å². The van der Waals surface area contributed by atoms with Gasteiger partial charge in [0.25, 0.3) is 0 Å². The van der Waals surface area contributed by atoms with E-state index in [1.54, 1.807) is 12.1 Å². The number of carbonyl (C=O) groups is 1. The van der Waals surface area contributed by atoms with Gasteiger partial charge in [0.05, 0.1) is 12.7 Å². The summed E-state index contributed by atoms with van der Waals surface area (Å²) in [6.07, 6.45) is 1.71. The van der Waals surface area contributed by atoms with Gasteiger partial charge < -0.3 is 14.6 Å². The van der Waals surface area contributed by atoms with Crippen molar-refractivity contribution in [3.63, 3.8) is 0 Å². The van der Waals surface area contributed by atoms with E-state index in [1.165, 1.54) is 13.2 Å². The summed E-state index contributed by atoms with van der Waals surface area (Å²) in [5, 5.41) is 9.21. The Morgan fingerprint density at radius 3 is 2.88 bits per heavy atom. The fourth-order valence-electron chi connectivity index (χ4n) is 2.07. The normalized spacial score (nSPS) is 21.5. The third-order valence-corrected chi connectivity index (χ3v) is 3.11. The Kier molecular flexibility index (Phi) is 2.58. The fourth-order valence-corrected chi connectivity index (χ4v) is 2.07. The highest BCUT2D eigenvalue weighted by molar-refractivity contribution is 5.92. The number of fused-ring (bicyclic) bond motifs is 1. The van der Waals surface area contributed by atoms with E-state index in [0.29, 0.717) is 23.7 Å². The molecule has 0 saturated carbocycles. The molecule has 0 amide bonds. The Labute approximate surface area is 99.5 Å². The van der Waals surface area contributed by atoms with Gasteiger partial charge in [-0.1, -0.05) is 6.08 Å². The van der Waals surface area contributed by atoms with Crippen LogP contribution in [0.1, 0.15) is 22.8 Å². The van der Waals surface area contributed by atoms with Crippen molar-refractivity contribution in [1.29, 1.82) is 0 Å². The van der Waals surface area contributed by atoms with Crippen LogP contribution in [-0.4, -0.2) is 24.8 Å². The average molecular weight is 234 g/mol. The number of aromatic carboxylic acids is 1. The first-order valence-electron chi connectivity index (χ1n) is 5.24. The minimum absolute atomic E-state index is 0.237. The molecule has 17 heavy (non-hydrogen) atoms. The predicted molar refractivity (Wildman–Crippen MR) is 63.0 cm³/mol. The number of methoxy groups -OCH3 is 1. The topological polar surface area (TPSA) is 55.8 Å². The average Bonchev–Trinajstić information content (AvgIpc) is 2.67. The lowest BCUT2D eigenvalue weighted by Crippen LogP contribution is -2.22. The molecular formula is C13H14O4. The standard InChI is InChI=1S/C13H14O4/c1-4-13(2)7-17-11-9(16-3)6-5-8(10(11)13)12(14)15/h4-6H,1,7H2,2-3H3,(H,14,15). The summed E-state index contributed by atoms with van der Waals surface area (Å²) in [5.74, 6) is 0.0906. The number of carboxylic acids is 1. The van der Waals surface area contributed by atoms with Gasteiger partial charge in [-0.15, -0.1) is 6.58 Å². The van der Waals surface area contributed by atoms with Crippen LogP contribution in [0.2, 0.25) is 0 Å². The van der Waals surface area contributed by atoms with Gasteiger partial charge in [-0.25, -0.2) is 4.79 Å². The van der Waals surface area contributed by atoms with Gasteiger partial charge in [0.2, 0.25) is 0 Å². The van der Waals surface area contributed by atoms with Crippen LogP contribution < -0.4 is 9.47 Å². The third-order valence-electron chi connectivity index (χ3n) is 3.11. The summed E-state index contributed by atoms with van der Waals surface area (Å²) < 4.78 is 10.7. The van der Waals surface area contributed by atoms with E-state index in [2.05, 4.69) is 6.58 Å². The van der Waals surface area contributed by atoms with Crippen LogP contribution in [0.25, 0.3) is 0 Å². The number of hydrogen-bond acceptors (Lipinski definition) is 3. The van der Waals surface area contributed by atoms with Gasteiger partial charge in [0, 0.05) is 11.0 Å². The molecule has 0 aromatic heterocycles. The van der Waals surface area contributed by atoms with E-state index in [4.69, 9.17) is 9.47 Å². The molecule has 1 atom stereocenters. The molecule has 0 bridgehead atoms. The SMILES string of the molecule is C=CC1(C)COc2c(OC)ccc(C(=O)O)c21. The second-order valence-corrected chi connectivity index (χ2v) is 4.23. The first-order valence-corrected chi connectivity index (χ1v) is 5.24. The van der Waals surface area contributed by atoms with Crippen molar-refractivity contribution in [2.24, 2.45) is 0 Å². The molecule has 1 aromatic rings. The Morgan fingerprint density at radius 2 is 2.35 bits per heavy atom. The number of ether oxygens (including phenoxy) is 2. The summed E-state index contributed by atoms with van der Waals surface area (Å²) in [4.78, 5) is 11.2. The van der Waals surface area contributed by atoms with Gasteiger partial charge in [-0.2, -0.15) is 0 Å². The summed E-state index contributed by atoms with van der Waals surface area (Å²) in [5.41, 5.74) is 0.387. The van der Waals surface area contributed by atoms with Crippen LogP contribution in [0.3, 0.4) is 0 Å². The summed E-state index contributed by atoms with van der Waals surface area (Å²) in [7, 11) is 1.53. The molecule has 0 aliphatic carbocycles. The van der Waals surface area contributed by atoms with Crippen LogP contribution in [0.15, 0.2) is 24.8 Å². The number of hydrogen-bond donors (Lipinski definition) is 1. The number of benzene rings is 1. The lowest BCUT2D eigenvalue weighted by molar-refractivity contribution is 0.0695. The first-order chi connectivity index (χ1) is 8.03. The molecule has 0 spiro atoms. The zero-order valence-electron chi connectivity index (χ0n) is 9.82. The van der Waals surface area contributed by atoms with Gasteiger partial charge in [-0.05, 0) is 19.1 Å². The lowest BCUT2D eigenvalue weighted by atomic mass is 9.82. The maximum Gasteiger partial charge on any atom is 0.336 e. The predicted octanol–water partition coefficient (Wildman–Crippen LogP) is 2.23. The molecule has 0 fully saturated rings. The zero-order chi connectivity index (χ0) is 12.6. The molecule has 0 radical (unpaired) electrons. The fraction of sp³-hybridized carbons (Fsp3) is 0.308. The van der Waals surface area contributed by atoms with Crippen molar-refractivity contribution >= 4 is 5.97 Å². The summed E-state index contributed by atoms with van der Waals surface area (Å²) in [6, 6.07) is 3.15. The molecule has 1 N–H and O–H groups in total. The van der Waals surface area contributed by atoms with E-state index in [9.17, 15) is 9.90 Å². The Hall–Kier alpha value is -1.97. The minimum Gasteiger partial charge on any atom is -0.493 e. The van der Waals surface area contributed by atoms with Crippen molar-refractivity contribution in [2.45, 2.75) is 12.3 Å². The number of carboxylic acid groups (broad SMARTS) is 1. The van der Waals surface area contributed by atoms with Crippen LogP contribution in [-0.2, 0) is 5.41 Å². The largest absolute Gasteiger partial charge is 0.493 e. The van der Waals surface area contributed by atoms with Crippen molar-refractivity contribution in [2.75, 3.05) is 13.7 Å². The van der Waals surface area contributed by atoms with E-state index < -0.39 is 11.4 Å². The van der Waals surface area contributed by atoms with Gasteiger partial charge in [0.15, 0.2) is 11.5 Å². The van der Waals surface area contributed by atoms with Crippen molar-refractivity contribution in [3.05, 3.63) is 35.9 Å². The molecule has 0 saturated heterocycles. The highest BCUT2D eigenvalue weighted by Crippen LogP contribution is 2.46. The Morgan fingerprint density at radius 1 is 1.65 bits per heavy atom. The maximum atomic E-state index is 11.2. The Balaban J connectivity index is 2.73. The molecule has 1 aliphatic rings. The molecule has 4 nitrogen and oxygen atoms in total. The Bertz CT molecular complexity index is 492. The highest BCUT2D eigenvalue weighted by Gasteiger charge is 2.39. The van der Waals surface area contributed by atoms with E-state index in [-0.39, 0.29) is 5.56 Å². The zero-order valence-corrected chi connectivity index (χ0v) is 9.82. The van der Waals surface area contributed by atoms with Gasteiger partial charge in [0.1, 0.15) is 6.61 Å². The lowest BCUT2D eigenvalue weighted by Gasteiger charge is -2.19. The van der Waals surface area contributed by atoms with Crippen LogP contribution >= 0.6 is 0 Å². The van der Waals surface area contributed by atoms with Crippen LogP contribution in [0.5, 0.6) is 11.5 Å². The quantitative estimate of drug-likeness (QED) is 0.815. The maximum absolute atomic E-state index is 11.2. The molecule has 90 valence electrons. The van der Waals surface area contributed by atoms with Gasteiger partial charge in [-0.3, -0.25) is 0 Å². The van der Waals surface area contributed by atoms with Crippen molar-refractivity contribution in [3.8, 4) is 11.5 Å². The number of rotatable bonds is 3. The molecule has 1 aliphatic heterocycles. The second-order valence-electron chi connectivity index (χ2n) is 4.23. The summed E-state index contributed by atoms with van der Waals surface area (Å²) in [6.45, 7) is 6.04. The molecule has 1 unspecified atom stereocenters. The molecule has 1 aromatic carbocycles. The molecule has 4 heteroatoms. The van der Waals surface area contributed by atoms with E-state index >= 15 is 0 Å². The summed E-state index contributed by atoms with van der Waals surface area (Å²) >= 11 is 0. The second kappa shape index (κ2) is 3.80. The van der Waals surface area contributed by atoms with Crippen molar-refractivity contribution < 1.29 is 19.4 Å². The highest BCUT2D eigenvalue weighted by atomic mass is 16.5. The van der Waals surface area contributed by atoms with Crippen molar-refractivity contribution in [1.82, 2.24) is 0 Å². The minimum atomic E-state index is -0.970. The monoisotopic (exact) mass is 234 g/mol. The molecule has 2 rings (SSSR count). The smallest absolute Gasteiger partial charge is 0.336 e. The van der Waals surface area contributed by atoms with E-state index in [0.717, 1.165) is 0 Å². The van der Waals surface area contributed by atoms with Crippen LogP contribution in [0.4, 0.5) is 0 Å². The van der Waals surface area contributed by atoms with E-state index in [1.807, 2.05) is 6.92 Å². The molecular weight excluding hydrogens is 220 g/mol. The third kappa shape index (κ3) is 1.56. The first kappa shape index (κ1) is 11.5.